The van der Waals surface area contributed by atoms with E-state index in [1.165, 1.54) is 4.90 Å². The van der Waals surface area contributed by atoms with Crippen molar-refractivity contribution in [2.45, 2.75) is 45.3 Å². The summed E-state index contributed by atoms with van der Waals surface area (Å²) in [5, 5.41) is 0. The minimum Gasteiger partial charge on any atom is -0.239 e. The van der Waals surface area contributed by atoms with Gasteiger partial charge in [-0.2, -0.15) is 8.78 Å². The summed E-state index contributed by atoms with van der Waals surface area (Å²) in [6, 6.07) is -2.53. The maximum Gasteiger partial charge on any atom is 0.306 e. The Morgan fingerprint density at radius 3 is 2.10 bits per heavy atom. The Balaban J connectivity index is 2.57. The Bertz CT molecular complexity index is 129. The number of hydrogen-bond donors (Lipinski definition) is 0. The third-order valence-electron chi connectivity index (χ3n) is 1.95. The monoisotopic (exact) mass is 149 g/mol. The highest BCUT2D eigenvalue weighted by molar-refractivity contribution is 4.91. The lowest BCUT2D eigenvalue weighted by Crippen LogP contribution is -2.62. The molecule has 0 aromatic heterocycles. The van der Waals surface area contributed by atoms with Crippen LogP contribution < -0.4 is 0 Å². The van der Waals surface area contributed by atoms with Crippen LogP contribution in [0.15, 0.2) is 0 Å². The van der Waals surface area contributed by atoms with Gasteiger partial charge in [-0.3, -0.25) is 0 Å². The lowest BCUT2D eigenvalue weighted by Gasteiger charge is -2.48. The van der Waals surface area contributed by atoms with Gasteiger partial charge in [-0.1, -0.05) is 0 Å². The van der Waals surface area contributed by atoms with Gasteiger partial charge in [0.05, 0.1) is 0 Å². The minimum absolute atomic E-state index is 0.0190. The van der Waals surface area contributed by atoms with Gasteiger partial charge in [-0.15, -0.1) is 0 Å². The zero-order chi connectivity index (χ0) is 7.94. The van der Waals surface area contributed by atoms with E-state index in [-0.39, 0.29) is 18.5 Å². The van der Waals surface area contributed by atoms with E-state index in [1.807, 2.05) is 6.92 Å². The molecule has 0 radical (unpaired) electrons. The predicted molar refractivity (Wildman–Crippen MR) is 36.0 cm³/mol. The van der Waals surface area contributed by atoms with Crippen LogP contribution in [-0.4, -0.2) is 23.0 Å². The molecular formula is C7H13F2N. The lowest BCUT2D eigenvalue weighted by molar-refractivity contribution is -0.257. The molecule has 60 valence electrons. The van der Waals surface area contributed by atoms with E-state index in [2.05, 4.69) is 0 Å². The van der Waals surface area contributed by atoms with Crippen molar-refractivity contribution in [3.63, 3.8) is 0 Å². The molecule has 0 spiro atoms. The van der Waals surface area contributed by atoms with Crippen molar-refractivity contribution in [1.29, 1.82) is 0 Å². The summed E-state index contributed by atoms with van der Waals surface area (Å²) in [6.45, 7) is 5.42. The first-order valence-corrected chi connectivity index (χ1v) is 3.61. The van der Waals surface area contributed by atoms with Gasteiger partial charge in [0, 0.05) is 18.5 Å². The quantitative estimate of drug-likeness (QED) is 0.516. The Labute approximate surface area is 60.0 Å². The van der Waals surface area contributed by atoms with Gasteiger partial charge in [-0.05, 0) is 20.8 Å². The molecule has 1 fully saturated rings. The topological polar surface area (TPSA) is 3.24 Å². The molecule has 0 saturated carbocycles. The number of hydrogen-bond acceptors (Lipinski definition) is 1. The van der Waals surface area contributed by atoms with E-state index in [4.69, 9.17) is 0 Å². The number of halogens is 2. The average molecular weight is 149 g/mol. The van der Waals surface area contributed by atoms with Crippen LogP contribution in [0.25, 0.3) is 0 Å². The predicted octanol–water partition coefficient (Wildman–Crippen LogP) is 2.08. The highest BCUT2D eigenvalue weighted by Gasteiger charge is 2.52. The molecule has 1 aliphatic rings. The van der Waals surface area contributed by atoms with Crippen molar-refractivity contribution < 1.29 is 8.78 Å². The zero-order valence-electron chi connectivity index (χ0n) is 6.56. The van der Waals surface area contributed by atoms with Crippen LogP contribution in [0.4, 0.5) is 8.78 Å². The first kappa shape index (κ1) is 7.92. The second-order valence-corrected chi connectivity index (χ2v) is 3.22. The lowest BCUT2D eigenvalue weighted by atomic mass is 9.99. The summed E-state index contributed by atoms with van der Waals surface area (Å²) in [5.41, 5.74) is 0. The molecule has 1 saturated heterocycles. The highest BCUT2D eigenvalue weighted by atomic mass is 19.3. The zero-order valence-corrected chi connectivity index (χ0v) is 6.56. The van der Waals surface area contributed by atoms with E-state index in [0.29, 0.717) is 0 Å². The van der Waals surface area contributed by atoms with Gasteiger partial charge >= 0.3 is 6.05 Å². The molecule has 0 aromatic rings. The summed E-state index contributed by atoms with van der Waals surface area (Å²) < 4.78 is 25.3. The summed E-state index contributed by atoms with van der Waals surface area (Å²) in [5.74, 6) is 0. The Kier molecular flexibility index (Phi) is 1.71. The standard InChI is InChI=1S/C7H13F2N/c1-5(2)10-6(3)4-7(10,8)9/h5-6H,4H2,1-3H3/t6-/m1/s1. The van der Waals surface area contributed by atoms with E-state index in [0.717, 1.165) is 0 Å². The second-order valence-electron chi connectivity index (χ2n) is 3.22. The molecule has 1 aliphatic heterocycles. The smallest absolute Gasteiger partial charge is 0.239 e. The number of nitrogens with zero attached hydrogens (tertiary/aromatic N) is 1. The van der Waals surface area contributed by atoms with Crippen molar-refractivity contribution in [2.75, 3.05) is 0 Å². The van der Waals surface area contributed by atoms with Gasteiger partial charge in [0.1, 0.15) is 0 Å². The minimum atomic E-state index is -2.53. The first-order valence-electron chi connectivity index (χ1n) is 3.61. The summed E-state index contributed by atoms with van der Waals surface area (Å²) in [6.07, 6.45) is 0.0190. The van der Waals surface area contributed by atoms with Crippen LogP contribution >= 0.6 is 0 Å². The molecule has 10 heavy (non-hydrogen) atoms. The fraction of sp³-hybridized carbons (Fsp3) is 1.00. The Morgan fingerprint density at radius 1 is 1.50 bits per heavy atom. The number of likely N-dealkylation sites (tertiary alicyclic amines) is 1. The van der Waals surface area contributed by atoms with Crippen LogP contribution in [0, 0.1) is 0 Å². The fourth-order valence-electron chi connectivity index (χ4n) is 1.66. The molecule has 1 atom stereocenters. The maximum atomic E-state index is 12.6. The van der Waals surface area contributed by atoms with E-state index in [1.54, 1.807) is 13.8 Å². The van der Waals surface area contributed by atoms with Gasteiger partial charge in [-0.25, -0.2) is 4.90 Å². The summed E-state index contributed by atoms with van der Waals surface area (Å²) >= 11 is 0. The molecule has 3 heteroatoms. The van der Waals surface area contributed by atoms with E-state index >= 15 is 0 Å². The van der Waals surface area contributed by atoms with Crippen molar-refractivity contribution in [3.05, 3.63) is 0 Å². The first-order chi connectivity index (χ1) is 4.45. The molecule has 0 aromatic carbocycles. The number of alkyl halides is 2. The Morgan fingerprint density at radius 2 is 2.00 bits per heavy atom. The molecular weight excluding hydrogens is 136 g/mol. The van der Waals surface area contributed by atoms with Gasteiger partial charge < -0.3 is 0 Å². The van der Waals surface area contributed by atoms with Crippen molar-refractivity contribution in [2.24, 2.45) is 0 Å². The summed E-state index contributed by atoms with van der Waals surface area (Å²) in [4.78, 5) is 1.24. The molecule has 0 aliphatic carbocycles. The van der Waals surface area contributed by atoms with Crippen molar-refractivity contribution in [3.8, 4) is 0 Å². The average Bonchev–Trinajstić information content (AvgIpc) is 1.58. The van der Waals surface area contributed by atoms with Crippen LogP contribution in [0.2, 0.25) is 0 Å². The molecule has 0 bridgehead atoms. The highest BCUT2D eigenvalue weighted by Crippen LogP contribution is 2.40. The van der Waals surface area contributed by atoms with Crippen LogP contribution in [-0.2, 0) is 0 Å². The van der Waals surface area contributed by atoms with Gasteiger partial charge in [0.15, 0.2) is 0 Å². The van der Waals surface area contributed by atoms with E-state index in [9.17, 15) is 8.78 Å². The SMILES string of the molecule is CC(C)N1[C@H](C)CC1(F)F. The molecule has 1 nitrogen and oxygen atoms in total. The third kappa shape index (κ3) is 1.03. The molecule has 0 unspecified atom stereocenters. The number of rotatable bonds is 1. The van der Waals surface area contributed by atoms with Gasteiger partial charge in [0.25, 0.3) is 0 Å². The van der Waals surface area contributed by atoms with Crippen LogP contribution in [0.1, 0.15) is 27.2 Å². The third-order valence-corrected chi connectivity index (χ3v) is 1.95. The van der Waals surface area contributed by atoms with E-state index < -0.39 is 6.05 Å². The van der Waals surface area contributed by atoms with Gasteiger partial charge in [0.2, 0.25) is 0 Å². The van der Waals surface area contributed by atoms with Crippen molar-refractivity contribution in [1.82, 2.24) is 4.90 Å². The largest absolute Gasteiger partial charge is 0.306 e. The summed E-state index contributed by atoms with van der Waals surface area (Å²) in [7, 11) is 0. The Hall–Kier alpha value is -0.180. The molecule has 0 N–H and O–H groups in total. The van der Waals surface area contributed by atoms with Crippen molar-refractivity contribution >= 4 is 0 Å². The molecule has 1 rings (SSSR count). The fourth-order valence-corrected chi connectivity index (χ4v) is 1.66. The normalized spacial score (nSPS) is 32.4. The molecule has 0 amide bonds. The van der Waals surface area contributed by atoms with Crippen LogP contribution in [0.3, 0.4) is 0 Å². The van der Waals surface area contributed by atoms with Crippen LogP contribution in [0.5, 0.6) is 0 Å². The maximum absolute atomic E-state index is 12.6. The second kappa shape index (κ2) is 2.16. The molecule has 1 heterocycles.